The molecule has 0 amide bonds. The number of nitrogens with two attached hydrogens (primary N) is 1. The van der Waals surface area contributed by atoms with Crippen LogP contribution in [0.15, 0.2) is 30.3 Å². The Kier molecular flexibility index (Phi) is 15.3. The number of unbranched alkanes of at least 4 members (excludes halogenated alkanes) is 11. The highest BCUT2D eigenvalue weighted by Crippen LogP contribution is 2.14. The van der Waals surface area contributed by atoms with E-state index < -0.39 is 24.2 Å². The maximum absolute atomic E-state index is 11.9. The minimum atomic E-state index is -1.10. The van der Waals surface area contributed by atoms with E-state index in [1.54, 1.807) is 24.3 Å². The topological polar surface area (TPSA) is 92.8 Å². The monoisotopic (exact) mass is 421 g/mol. The summed E-state index contributed by atoms with van der Waals surface area (Å²) in [5.41, 5.74) is 6.33. The summed E-state index contributed by atoms with van der Waals surface area (Å²) in [4.78, 5) is 11.9. The molecule has 0 unspecified atom stereocenters. The average Bonchev–Trinajstić information content (AvgIpc) is 2.77. The Balaban J connectivity index is 2.02. The first-order valence-electron chi connectivity index (χ1n) is 11.9. The molecule has 1 aromatic carbocycles. The van der Waals surface area contributed by atoms with Gasteiger partial charge < -0.3 is 20.7 Å². The van der Waals surface area contributed by atoms with Gasteiger partial charge in [-0.25, -0.2) is 4.79 Å². The lowest BCUT2D eigenvalue weighted by molar-refractivity contribution is -0.0180. The number of rotatable bonds is 18. The Morgan fingerprint density at radius 3 is 1.90 bits per heavy atom. The van der Waals surface area contributed by atoms with Gasteiger partial charge in [0.1, 0.15) is 6.61 Å². The first-order valence-corrected chi connectivity index (χ1v) is 11.9. The van der Waals surface area contributed by atoms with Crippen molar-refractivity contribution in [1.82, 2.24) is 0 Å². The van der Waals surface area contributed by atoms with Crippen molar-refractivity contribution in [2.45, 2.75) is 109 Å². The van der Waals surface area contributed by atoms with Gasteiger partial charge in [-0.05, 0) is 18.6 Å². The smallest absolute Gasteiger partial charge is 0.338 e. The molecule has 3 atom stereocenters. The van der Waals surface area contributed by atoms with Crippen LogP contribution in [0.5, 0.6) is 0 Å². The zero-order valence-electron chi connectivity index (χ0n) is 18.8. The number of carbonyl (C=O) groups is 1. The van der Waals surface area contributed by atoms with Gasteiger partial charge in [-0.1, -0.05) is 102 Å². The molecule has 5 heteroatoms. The summed E-state index contributed by atoms with van der Waals surface area (Å²) in [6.45, 7) is 2.13. The average molecular weight is 422 g/mol. The van der Waals surface area contributed by atoms with Crippen molar-refractivity contribution in [3.05, 3.63) is 35.9 Å². The Morgan fingerprint density at radius 2 is 1.37 bits per heavy atom. The highest BCUT2D eigenvalue weighted by Gasteiger charge is 2.24. The quantitative estimate of drug-likeness (QED) is 0.229. The zero-order valence-corrected chi connectivity index (χ0v) is 18.8. The SMILES string of the molecule is CCCCCCCCCCCCCC[C@@H](O)[C@@H](O)[C@@H](N)COC(=O)c1ccccc1. The third kappa shape index (κ3) is 12.3. The Labute approximate surface area is 183 Å². The van der Waals surface area contributed by atoms with Gasteiger partial charge in [0.2, 0.25) is 0 Å². The minimum Gasteiger partial charge on any atom is -0.460 e. The molecule has 4 N–H and O–H groups in total. The van der Waals surface area contributed by atoms with Gasteiger partial charge in [0, 0.05) is 0 Å². The molecule has 0 saturated carbocycles. The van der Waals surface area contributed by atoms with Crippen LogP contribution in [-0.2, 0) is 4.74 Å². The minimum absolute atomic E-state index is 0.121. The fourth-order valence-corrected chi connectivity index (χ4v) is 3.58. The molecule has 0 radical (unpaired) electrons. The van der Waals surface area contributed by atoms with Crippen molar-refractivity contribution in [2.24, 2.45) is 5.73 Å². The fraction of sp³-hybridized carbons (Fsp3) is 0.720. The van der Waals surface area contributed by atoms with E-state index in [9.17, 15) is 15.0 Å². The molecule has 0 aliphatic carbocycles. The van der Waals surface area contributed by atoms with E-state index in [1.807, 2.05) is 6.07 Å². The molecule has 0 aliphatic rings. The summed E-state index contributed by atoms with van der Waals surface area (Å²) in [5.74, 6) is -0.478. The van der Waals surface area contributed by atoms with Crippen molar-refractivity contribution < 1.29 is 19.7 Å². The fourth-order valence-electron chi connectivity index (χ4n) is 3.58. The van der Waals surface area contributed by atoms with Crippen molar-refractivity contribution in [1.29, 1.82) is 0 Å². The summed E-state index contributed by atoms with van der Waals surface area (Å²) < 4.78 is 5.14. The maximum Gasteiger partial charge on any atom is 0.338 e. The lowest BCUT2D eigenvalue weighted by Crippen LogP contribution is -2.46. The molecule has 1 aromatic rings. The molecule has 0 bridgehead atoms. The first-order chi connectivity index (χ1) is 14.6. The van der Waals surface area contributed by atoms with E-state index in [0.29, 0.717) is 12.0 Å². The van der Waals surface area contributed by atoms with Crippen molar-refractivity contribution in [2.75, 3.05) is 6.61 Å². The number of hydrogen-bond acceptors (Lipinski definition) is 5. The molecule has 172 valence electrons. The van der Waals surface area contributed by atoms with Crippen LogP contribution >= 0.6 is 0 Å². The van der Waals surface area contributed by atoms with E-state index in [-0.39, 0.29) is 6.61 Å². The molecular formula is C25H43NO4. The first kappa shape index (κ1) is 26.6. The predicted molar refractivity (Wildman–Crippen MR) is 122 cm³/mol. The summed E-state index contributed by atoms with van der Waals surface area (Å²) in [7, 11) is 0. The van der Waals surface area contributed by atoms with Crippen molar-refractivity contribution >= 4 is 5.97 Å². The number of ether oxygens (including phenoxy) is 1. The molecule has 0 fully saturated rings. The van der Waals surface area contributed by atoms with Crippen molar-refractivity contribution in [3.63, 3.8) is 0 Å². The van der Waals surface area contributed by atoms with Crippen molar-refractivity contribution in [3.8, 4) is 0 Å². The van der Waals surface area contributed by atoms with Crippen LogP contribution in [0.25, 0.3) is 0 Å². The maximum atomic E-state index is 11.9. The number of benzene rings is 1. The van der Waals surface area contributed by atoms with Gasteiger partial charge in [-0.3, -0.25) is 0 Å². The summed E-state index contributed by atoms with van der Waals surface area (Å²) in [6.07, 6.45) is 13.6. The second-order valence-corrected chi connectivity index (χ2v) is 8.36. The molecule has 0 heterocycles. The number of carbonyl (C=O) groups excluding carboxylic acids is 1. The number of aliphatic hydroxyl groups excluding tert-OH is 2. The summed E-state index contributed by atoms with van der Waals surface area (Å²) in [5, 5.41) is 20.3. The summed E-state index contributed by atoms with van der Waals surface area (Å²) in [6, 6.07) is 7.84. The number of hydrogen-bond donors (Lipinski definition) is 3. The number of esters is 1. The highest BCUT2D eigenvalue weighted by atomic mass is 16.5. The van der Waals surface area contributed by atoms with E-state index in [0.717, 1.165) is 12.8 Å². The molecule has 0 aliphatic heterocycles. The van der Waals surface area contributed by atoms with Gasteiger partial charge in [-0.2, -0.15) is 0 Å². The normalized spacial score (nSPS) is 14.3. The lowest BCUT2D eigenvalue weighted by Gasteiger charge is -2.23. The van der Waals surface area contributed by atoms with E-state index >= 15 is 0 Å². The van der Waals surface area contributed by atoms with Crippen LogP contribution in [-0.4, -0.2) is 41.0 Å². The lowest BCUT2D eigenvalue weighted by atomic mass is 10.00. The molecule has 0 aromatic heterocycles. The molecule has 30 heavy (non-hydrogen) atoms. The molecule has 1 rings (SSSR count). The third-order valence-corrected chi connectivity index (χ3v) is 5.60. The van der Waals surface area contributed by atoms with Gasteiger partial charge >= 0.3 is 5.97 Å². The molecule has 0 saturated heterocycles. The predicted octanol–water partition coefficient (Wildman–Crippen LogP) is 4.98. The second-order valence-electron chi connectivity index (χ2n) is 8.36. The van der Waals surface area contributed by atoms with Gasteiger partial charge in [0.15, 0.2) is 0 Å². The summed E-state index contributed by atoms with van der Waals surface area (Å²) >= 11 is 0. The van der Waals surface area contributed by atoms with Crippen LogP contribution in [0.2, 0.25) is 0 Å². The highest BCUT2D eigenvalue weighted by molar-refractivity contribution is 5.89. The van der Waals surface area contributed by atoms with Gasteiger partial charge in [0.25, 0.3) is 0 Å². The van der Waals surface area contributed by atoms with Crippen LogP contribution in [0, 0.1) is 0 Å². The number of aliphatic hydroxyl groups is 2. The Hall–Kier alpha value is -1.43. The molecular weight excluding hydrogens is 378 g/mol. The van der Waals surface area contributed by atoms with Gasteiger partial charge in [-0.15, -0.1) is 0 Å². The Bertz CT molecular complexity index is 537. The Morgan fingerprint density at radius 1 is 0.867 bits per heavy atom. The van der Waals surface area contributed by atoms with Crippen LogP contribution in [0.3, 0.4) is 0 Å². The van der Waals surface area contributed by atoms with E-state index in [4.69, 9.17) is 10.5 Å². The molecule has 5 nitrogen and oxygen atoms in total. The standard InChI is InChI=1S/C25H43NO4/c1-2-3-4-5-6-7-8-9-10-11-12-16-19-23(27)24(28)22(26)20-30-25(29)21-17-14-13-15-18-21/h13-15,17-18,22-24,27-28H,2-12,16,19-20,26H2,1H3/t22-,23+,24-/m0/s1. The van der Waals surface area contributed by atoms with E-state index in [1.165, 1.54) is 64.2 Å². The molecule has 0 spiro atoms. The van der Waals surface area contributed by atoms with Crippen LogP contribution in [0.1, 0.15) is 101 Å². The van der Waals surface area contributed by atoms with Crippen LogP contribution in [0.4, 0.5) is 0 Å². The van der Waals surface area contributed by atoms with Gasteiger partial charge in [0.05, 0.1) is 23.8 Å². The van der Waals surface area contributed by atoms with E-state index in [2.05, 4.69) is 6.92 Å². The zero-order chi connectivity index (χ0) is 22.0. The second kappa shape index (κ2) is 17.3. The largest absolute Gasteiger partial charge is 0.460 e. The third-order valence-electron chi connectivity index (χ3n) is 5.60. The van der Waals surface area contributed by atoms with Crippen LogP contribution < -0.4 is 5.73 Å².